The summed E-state index contributed by atoms with van der Waals surface area (Å²) in [6, 6.07) is -2.24. The van der Waals surface area contributed by atoms with Gasteiger partial charge in [-0.3, -0.25) is 24.2 Å². The number of Topliss-reactive ketones (excluding diaryl/α,β-unsaturated/α-hetero) is 2. The van der Waals surface area contributed by atoms with E-state index in [1.165, 1.54) is 14.0 Å². The number of allylic oxidation sites excluding steroid dienone is 1. The Bertz CT molecular complexity index is 1720. The molecule has 7 atom stereocenters. The maximum absolute atomic E-state index is 14.3. The fraction of sp³-hybridized carbons (Fsp3) is 0.548. The van der Waals surface area contributed by atoms with Crippen LogP contribution in [-0.4, -0.2) is 106 Å². The number of hydrogen-bond acceptors (Lipinski definition) is 14. The molecule has 7 aliphatic rings. The molecule has 1 aromatic rings. The number of fused-ring (bicyclic) bond motifs is 8. The van der Waals surface area contributed by atoms with Crippen molar-refractivity contribution in [1.29, 1.82) is 0 Å². The molecule has 238 valence electrons. The summed E-state index contributed by atoms with van der Waals surface area (Å²) in [4.78, 5) is 56.5. The normalized spacial score (nSPS) is 36.6. The molecule has 45 heavy (non-hydrogen) atoms. The quantitative estimate of drug-likeness (QED) is 0.267. The third-order valence-corrected chi connectivity index (χ3v) is 11.9. The minimum Gasteiger partial charge on any atom is -0.493 e. The Labute approximate surface area is 262 Å². The summed E-state index contributed by atoms with van der Waals surface area (Å²) >= 11 is 1.15. The molecule has 3 saturated heterocycles. The van der Waals surface area contributed by atoms with E-state index in [9.17, 15) is 29.4 Å². The molecule has 14 heteroatoms. The highest BCUT2D eigenvalue weighted by atomic mass is 32.2. The van der Waals surface area contributed by atoms with Crippen LogP contribution in [0, 0.1) is 6.92 Å². The number of nitrogens with zero attached hydrogens (tertiary/aromatic N) is 2. The van der Waals surface area contributed by atoms with Crippen molar-refractivity contribution in [3.8, 4) is 17.2 Å². The number of cyclic esters (lactones) is 1. The third kappa shape index (κ3) is 3.49. The molecule has 1 aromatic carbocycles. The Morgan fingerprint density at radius 2 is 1.84 bits per heavy atom. The van der Waals surface area contributed by atoms with Gasteiger partial charge in [-0.15, -0.1) is 11.8 Å². The molecule has 0 aromatic heterocycles. The highest BCUT2D eigenvalue weighted by molar-refractivity contribution is 8.00. The minimum absolute atomic E-state index is 0.0698. The molecule has 3 fully saturated rings. The maximum atomic E-state index is 14.3. The number of carbonyl (C=O) groups is 4. The number of hydrogen-bond donors (Lipinski definition) is 2. The summed E-state index contributed by atoms with van der Waals surface area (Å²) in [6.45, 7) is 6.36. The number of aliphatic hydroxyl groups is 2. The predicted molar refractivity (Wildman–Crippen MR) is 154 cm³/mol. The maximum Gasteiger partial charge on any atom is 0.375 e. The lowest BCUT2D eigenvalue weighted by Crippen LogP contribution is -2.70. The van der Waals surface area contributed by atoms with Crippen molar-refractivity contribution in [2.75, 3.05) is 32.8 Å². The van der Waals surface area contributed by atoms with Crippen LogP contribution in [0.2, 0.25) is 0 Å². The first-order valence-corrected chi connectivity index (χ1v) is 15.8. The molecule has 0 radical (unpaired) electrons. The Morgan fingerprint density at radius 3 is 2.56 bits per heavy atom. The average molecular weight is 641 g/mol. The summed E-state index contributed by atoms with van der Waals surface area (Å²) in [5.41, 5.74) is 0.528. The van der Waals surface area contributed by atoms with E-state index in [0.29, 0.717) is 44.9 Å². The smallest absolute Gasteiger partial charge is 0.375 e. The first-order valence-electron chi connectivity index (χ1n) is 14.8. The Morgan fingerprint density at radius 1 is 1.11 bits per heavy atom. The van der Waals surface area contributed by atoms with Crippen molar-refractivity contribution in [3.05, 3.63) is 39.2 Å². The van der Waals surface area contributed by atoms with E-state index in [1.807, 2.05) is 11.8 Å². The van der Waals surface area contributed by atoms with Gasteiger partial charge in [0, 0.05) is 59.3 Å². The van der Waals surface area contributed by atoms with Gasteiger partial charge in [-0.1, -0.05) is 0 Å². The number of carbonyl (C=O) groups excluding carboxylic acids is 4. The van der Waals surface area contributed by atoms with Gasteiger partial charge >= 0.3 is 11.9 Å². The van der Waals surface area contributed by atoms with Gasteiger partial charge in [0.05, 0.1) is 30.2 Å². The van der Waals surface area contributed by atoms with Crippen molar-refractivity contribution < 1.29 is 53.1 Å². The van der Waals surface area contributed by atoms with Gasteiger partial charge in [0.2, 0.25) is 18.4 Å². The second-order valence-electron chi connectivity index (χ2n) is 12.9. The summed E-state index contributed by atoms with van der Waals surface area (Å²) in [5, 5.41) is 23.6. The molecule has 2 N–H and O–H groups in total. The van der Waals surface area contributed by atoms with E-state index in [4.69, 9.17) is 23.7 Å². The number of aliphatic hydroxyl groups excluding tert-OH is 1. The largest absolute Gasteiger partial charge is 0.493 e. The van der Waals surface area contributed by atoms with E-state index >= 15 is 0 Å². The number of benzene rings is 1. The molecule has 4 unspecified atom stereocenters. The summed E-state index contributed by atoms with van der Waals surface area (Å²) in [7, 11) is 1.40. The van der Waals surface area contributed by atoms with Crippen LogP contribution < -0.4 is 14.2 Å². The van der Waals surface area contributed by atoms with Gasteiger partial charge in [0.1, 0.15) is 24.2 Å². The highest BCUT2D eigenvalue weighted by Crippen LogP contribution is 2.67. The molecule has 1 aliphatic carbocycles. The van der Waals surface area contributed by atoms with Gasteiger partial charge in [-0.05, 0) is 26.3 Å². The minimum atomic E-state index is -1.51. The Balaban J connectivity index is 1.44. The Hall–Kier alpha value is -3.43. The number of thioether (sulfide) groups is 1. The Kier molecular flexibility index (Phi) is 6.01. The molecule has 8 rings (SSSR count). The standard InChI is InChI=1S/C31H32N2O11S/c1-11-22(36)19-18(23(37)25(11)40-5)20-21-28-17-16(27-26(42-10-43-27)12(2)24(17)44-13(3)34)14(6-41-29(38)15(35)7-45-28)33(21)31(39)8-30(19,4)32(20)9-31/h14,20-22,28,36,39H,6-10H2,1-5H3/t14-,20?,21?,22?,28+,30?,31-/m0/s1. The number of β-amino-alcohol motifs (C(OH)–C–C–N with tert-alkyl or cyclic N) is 1. The average Bonchev–Trinajstić information content (AvgIpc) is 3.63. The van der Waals surface area contributed by atoms with Crippen LogP contribution >= 0.6 is 11.8 Å². The molecule has 0 amide bonds. The van der Waals surface area contributed by atoms with Crippen molar-refractivity contribution in [3.63, 3.8) is 0 Å². The second-order valence-corrected chi connectivity index (χ2v) is 14.0. The van der Waals surface area contributed by atoms with Crippen molar-refractivity contribution >= 4 is 35.3 Å². The van der Waals surface area contributed by atoms with E-state index in [-0.39, 0.29) is 49.4 Å². The zero-order valence-corrected chi connectivity index (χ0v) is 26.1. The lowest BCUT2D eigenvalue weighted by atomic mass is 9.72. The van der Waals surface area contributed by atoms with Gasteiger partial charge in [-0.2, -0.15) is 0 Å². The van der Waals surface area contributed by atoms with Crippen molar-refractivity contribution in [2.24, 2.45) is 0 Å². The van der Waals surface area contributed by atoms with Crippen LogP contribution in [-0.2, 0) is 28.7 Å². The zero-order valence-electron chi connectivity index (χ0n) is 25.3. The van der Waals surface area contributed by atoms with E-state index in [1.54, 1.807) is 13.8 Å². The summed E-state index contributed by atoms with van der Waals surface area (Å²) in [5.74, 6) is -1.82. The summed E-state index contributed by atoms with van der Waals surface area (Å²) < 4.78 is 28.9. The number of methoxy groups -OCH3 is 1. The van der Waals surface area contributed by atoms with E-state index < -0.39 is 58.5 Å². The molecule has 4 bridgehead atoms. The van der Waals surface area contributed by atoms with Crippen LogP contribution in [0.25, 0.3) is 0 Å². The number of esters is 2. The van der Waals surface area contributed by atoms with Gasteiger partial charge < -0.3 is 33.9 Å². The fourth-order valence-electron chi connectivity index (χ4n) is 9.09. The van der Waals surface area contributed by atoms with Crippen molar-refractivity contribution in [2.45, 2.75) is 74.9 Å². The lowest BCUT2D eigenvalue weighted by Gasteiger charge is -2.58. The molecule has 6 aliphatic heterocycles. The van der Waals surface area contributed by atoms with Crippen LogP contribution in [0.1, 0.15) is 55.2 Å². The molecule has 6 heterocycles. The first kappa shape index (κ1) is 29.0. The molecule has 13 nitrogen and oxygen atoms in total. The fourth-order valence-corrected chi connectivity index (χ4v) is 10.4. The topological polar surface area (TPSA) is 161 Å². The molecule has 0 spiro atoms. The van der Waals surface area contributed by atoms with E-state index in [0.717, 1.165) is 11.8 Å². The monoisotopic (exact) mass is 640 g/mol. The van der Waals surface area contributed by atoms with Crippen LogP contribution in [0.4, 0.5) is 0 Å². The molecule has 0 saturated carbocycles. The lowest BCUT2D eigenvalue weighted by molar-refractivity contribution is -0.190. The number of rotatable bonds is 2. The molecular weight excluding hydrogens is 608 g/mol. The van der Waals surface area contributed by atoms with Crippen molar-refractivity contribution in [1.82, 2.24) is 9.80 Å². The molecular formula is C31H32N2O11S. The van der Waals surface area contributed by atoms with Gasteiger partial charge in [0.15, 0.2) is 17.3 Å². The second kappa shape index (κ2) is 9.32. The number of ether oxygens (including phenoxy) is 5. The zero-order chi connectivity index (χ0) is 31.9. The number of ketones is 2. The predicted octanol–water partition coefficient (Wildman–Crippen LogP) is 0.984. The van der Waals surface area contributed by atoms with Gasteiger partial charge in [-0.25, -0.2) is 4.79 Å². The number of piperazine rings is 1. The van der Waals surface area contributed by atoms with Crippen LogP contribution in [0.5, 0.6) is 17.2 Å². The van der Waals surface area contributed by atoms with E-state index in [2.05, 4.69) is 4.90 Å². The third-order valence-electron chi connectivity index (χ3n) is 10.6. The first-order chi connectivity index (χ1) is 21.3. The van der Waals surface area contributed by atoms with Crippen LogP contribution in [0.15, 0.2) is 22.5 Å². The SMILES string of the molecule is COC1=C(C)C(O)C2=C(C1=O)C1C3[C@@H]4SCC(=O)C(=O)OC[C@@H](c5c6c(c(C)c(OC(C)=O)c54)OCO6)N3[C@@]3(O)CN1C2(C)C3. The highest BCUT2D eigenvalue weighted by Gasteiger charge is 2.73. The van der Waals surface area contributed by atoms with Gasteiger partial charge in [0.25, 0.3) is 0 Å². The van der Waals surface area contributed by atoms with Crippen LogP contribution in [0.3, 0.4) is 0 Å². The summed E-state index contributed by atoms with van der Waals surface area (Å²) in [6.07, 6.45) is -0.963.